The van der Waals surface area contributed by atoms with Crippen molar-refractivity contribution in [3.63, 3.8) is 0 Å². The van der Waals surface area contributed by atoms with Crippen LogP contribution in [0.25, 0.3) is 0 Å². The molecule has 2 amide bonds. The zero-order chi connectivity index (χ0) is 23.5. The van der Waals surface area contributed by atoms with E-state index in [1.807, 2.05) is 38.1 Å². The van der Waals surface area contributed by atoms with Gasteiger partial charge in [0.05, 0.1) is 5.75 Å². The van der Waals surface area contributed by atoms with Gasteiger partial charge in [0.15, 0.2) is 0 Å². The Balaban J connectivity index is 2.15. The zero-order valence-corrected chi connectivity index (χ0v) is 21.3. The van der Waals surface area contributed by atoms with Crippen LogP contribution in [0.1, 0.15) is 49.8 Å². The molecule has 1 N–H and O–H groups in total. The number of carbonyl (C=O) groups is 2. The fourth-order valence-electron chi connectivity index (χ4n) is 3.39. The summed E-state index contributed by atoms with van der Waals surface area (Å²) in [5, 5.41) is 4.18. The van der Waals surface area contributed by atoms with Gasteiger partial charge < -0.3 is 10.2 Å². The van der Waals surface area contributed by atoms with Crippen molar-refractivity contribution in [1.82, 2.24) is 10.2 Å². The average Bonchev–Trinajstić information content (AvgIpc) is 2.77. The summed E-state index contributed by atoms with van der Waals surface area (Å²) in [6.45, 7) is 7.07. The summed E-state index contributed by atoms with van der Waals surface area (Å²) in [6, 6.07) is 12.8. The molecule has 32 heavy (non-hydrogen) atoms. The van der Waals surface area contributed by atoms with E-state index >= 15 is 0 Å². The minimum Gasteiger partial charge on any atom is -0.354 e. The maximum atomic E-state index is 13.3. The van der Waals surface area contributed by atoms with Gasteiger partial charge >= 0.3 is 0 Å². The van der Waals surface area contributed by atoms with Crippen molar-refractivity contribution < 1.29 is 9.59 Å². The number of aryl methyl sites for hydroxylation is 1. The molecule has 2 rings (SSSR count). The van der Waals surface area contributed by atoms with Crippen LogP contribution in [0.4, 0.5) is 0 Å². The molecule has 7 heteroatoms. The molecule has 0 heterocycles. The van der Waals surface area contributed by atoms with Crippen molar-refractivity contribution in [2.24, 2.45) is 0 Å². The largest absolute Gasteiger partial charge is 0.354 e. The van der Waals surface area contributed by atoms with Crippen LogP contribution in [0.5, 0.6) is 0 Å². The maximum Gasteiger partial charge on any atom is 0.242 e. The number of nitrogens with one attached hydrogen (secondary N) is 1. The van der Waals surface area contributed by atoms with E-state index in [0.717, 1.165) is 29.5 Å². The number of rotatable bonds is 12. The van der Waals surface area contributed by atoms with Crippen LogP contribution in [0.3, 0.4) is 0 Å². The molecule has 0 spiro atoms. The van der Waals surface area contributed by atoms with E-state index in [-0.39, 0.29) is 17.6 Å². The lowest BCUT2D eigenvalue weighted by molar-refractivity contribution is -0.139. The van der Waals surface area contributed by atoms with Gasteiger partial charge in [0.2, 0.25) is 11.8 Å². The van der Waals surface area contributed by atoms with Crippen molar-refractivity contribution in [2.75, 3.05) is 12.3 Å². The number of hydrogen-bond donors (Lipinski definition) is 1. The molecule has 0 unspecified atom stereocenters. The summed E-state index contributed by atoms with van der Waals surface area (Å²) < 4.78 is 0. The summed E-state index contributed by atoms with van der Waals surface area (Å²) in [7, 11) is 0. The van der Waals surface area contributed by atoms with Crippen LogP contribution in [-0.2, 0) is 21.9 Å². The molecule has 2 aromatic rings. The zero-order valence-electron chi connectivity index (χ0n) is 19.0. The summed E-state index contributed by atoms with van der Waals surface area (Å²) >= 11 is 14.0. The highest BCUT2D eigenvalue weighted by Crippen LogP contribution is 2.28. The van der Waals surface area contributed by atoms with Gasteiger partial charge in [0.25, 0.3) is 0 Å². The monoisotopic (exact) mass is 494 g/mol. The van der Waals surface area contributed by atoms with Crippen molar-refractivity contribution >= 4 is 46.8 Å². The summed E-state index contributed by atoms with van der Waals surface area (Å²) in [5.74, 6) is 0.606. The van der Waals surface area contributed by atoms with E-state index < -0.39 is 6.04 Å². The normalized spacial score (nSPS) is 11.8. The highest BCUT2D eigenvalue weighted by Gasteiger charge is 2.28. The molecule has 0 aliphatic rings. The molecule has 0 saturated carbocycles. The molecule has 0 fully saturated rings. The summed E-state index contributed by atoms with van der Waals surface area (Å²) in [4.78, 5) is 27.9. The van der Waals surface area contributed by atoms with Crippen molar-refractivity contribution in [3.05, 3.63) is 69.2 Å². The number of thioether (sulfide) groups is 1. The molecule has 2 aromatic carbocycles. The number of halogens is 2. The molecular formula is C25H32Cl2N2O2S. The Morgan fingerprint density at radius 2 is 1.75 bits per heavy atom. The summed E-state index contributed by atoms with van der Waals surface area (Å²) in [6.07, 6.45) is 2.48. The molecule has 0 radical (unpaired) electrons. The fourth-order valence-corrected chi connectivity index (χ4v) is 5.04. The first kappa shape index (κ1) is 26.6. The minimum atomic E-state index is -0.511. The van der Waals surface area contributed by atoms with E-state index in [1.54, 1.807) is 23.1 Å². The Hall–Kier alpha value is -1.69. The molecule has 0 aliphatic heterocycles. The molecule has 4 nitrogen and oxygen atoms in total. The lowest BCUT2D eigenvalue weighted by Gasteiger charge is -2.31. The van der Waals surface area contributed by atoms with E-state index in [4.69, 9.17) is 23.2 Å². The first-order valence-corrected chi connectivity index (χ1v) is 12.9. The van der Waals surface area contributed by atoms with Crippen LogP contribution in [0.15, 0.2) is 42.5 Å². The molecule has 174 valence electrons. The third kappa shape index (κ3) is 7.72. The van der Waals surface area contributed by atoms with Gasteiger partial charge in [0, 0.05) is 28.9 Å². The number of amides is 2. The van der Waals surface area contributed by atoms with E-state index in [0.29, 0.717) is 35.3 Å². The number of unbranched alkanes of at least 4 members (excludes halogenated alkanes) is 1. The van der Waals surface area contributed by atoms with Crippen LogP contribution < -0.4 is 5.32 Å². The Bertz CT molecular complexity index is 887. The Labute approximate surface area is 206 Å². The van der Waals surface area contributed by atoms with E-state index in [9.17, 15) is 9.59 Å². The highest BCUT2D eigenvalue weighted by molar-refractivity contribution is 7.99. The van der Waals surface area contributed by atoms with E-state index in [2.05, 4.69) is 12.2 Å². The topological polar surface area (TPSA) is 49.4 Å². The van der Waals surface area contributed by atoms with Crippen LogP contribution in [0, 0.1) is 6.92 Å². The fraction of sp³-hybridized carbons (Fsp3) is 0.440. The van der Waals surface area contributed by atoms with Crippen LogP contribution in [-0.4, -0.2) is 35.1 Å². The molecule has 0 aromatic heterocycles. The van der Waals surface area contributed by atoms with Crippen molar-refractivity contribution in [2.45, 2.75) is 58.4 Å². The second kappa shape index (κ2) is 13.8. The molecule has 1 atom stereocenters. The van der Waals surface area contributed by atoms with Gasteiger partial charge in [-0.05, 0) is 48.6 Å². The average molecular weight is 496 g/mol. The lowest BCUT2D eigenvalue weighted by atomic mass is 10.1. The molecule has 0 saturated heterocycles. The third-order valence-electron chi connectivity index (χ3n) is 5.35. The predicted molar refractivity (Wildman–Crippen MR) is 136 cm³/mol. The maximum absolute atomic E-state index is 13.3. The molecule has 0 bridgehead atoms. The van der Waals surface area contributed by atoms with Crippen molar-refractivity contribution in [1.29, 1.82) is 0 Å². The quantitative estimate of drug-likeness (QED) is 0.354. The first-order valence-electron chi connectivity index (χ1n) is 11.0. The molecule has 0 aliphatic carbocycles. The van der Waals surface area contributed by atoms with Gasteiger partial charge in [-0.1, -0.05) is 73.8 Å². The standard InChI is InChI=1S/C25H32Cl2N2O2S/c1-4-6-14-28-25(31)23(5-2)29(15-19-11-8-7-10-18(19)3)24(30)17-32-16-20-21(26)12-9-13-22(20)27/h7-13,23H,4-6,14-17H2,1-3H3,(H,28,31)/t23-/m1/s1. The minimum absolute atomic E-state index is 0.0704. The third-order valence-corrected chi connectivity index (χ3v) is 7.00. The Morgan fingerprint density at radius 1 is 1.06 bits per heavy atom. The lowest BCUT2D eigenvalue weighted by Crippen LogP contribution is -2.49. The van der Waals surface area contributed by atoms with Crippen LogP contribution in [0.2, 0.25) is 10.0 Å². The predicted octanol–water partition coefficient (Wildman–Crippen LogP) is 6.26. The highest BCUT2D eigenvalue weighted by atomic mass is 35.5. The van der Waals surface area contributed by atoms with Crippen molar-refractivity contribution in [3.8, 4) is 0 Å². The second-order valence-electron chi connectivity index (χ2n) is 7.71. The Morgan fingerprint density at radius 3 is 2.38 bits per heavy atom. The van der Waals surface area contributed by atoms with E-state index in [1.165, 1.54) is 11.8 Å². The van der Waals surface area contributed by atoms with Gasteiger partial charge in [-0.2, -0.15) is 0 Å². The number of carbonyl (C=O) groups excluding carboxylic acids is 2. The van der Waals surface area contributed by atoms with Gasteiger partial charge in [-0.15, -0.1) is 11.8 Å². The SMILES string of the molecule is CCCCNC(=O)[C@@H](CC)N(Cc1ccccc1C)C(=O)CSCc1c(Cl)cccc1Cl. The number of hydrogen-bond acceptors (Lipinski definition) is 3. The van der Waals surface area contributed by atoms with Crippen LogP contribution >= 0.6 is 35.0 Å². The Kier molecular flexibility index (Phi) is 11.4. The summed E-state index contributed by atoms with van der Waals surface area (Å²) in [5.41, 5.74) is 2.96. The second-order valence-corrected chi connectivity index (χ2v) is 9.51. The smallest absolute Gasteiger partial charge is 0.242 e. The first-order chi connectivity index (χ1) is 15.4. The van der Waals surface area contributed by atoms with Gasteiger partial charge in [0.1, 0.15) is 6.04 Å². The number of nitrogens with zero attached hydrogens (tertiary/aromatic N) is 1. The molecular weight excluding hydrogens is 463 g/mol. The van der Waals surface area contributed by atoms with Gasteiger partial charge in [-0.3, -0.25) is 9.59 Å². The van der Waals surface area contributed by atoms with Gasteiger partial charge in [-0.25, -0.2) is 0 Å². The number of benzene rings is 2.